The highest BCUT2D eigenvalue weighted by atomic mass is 31.2. The number of carbonyl (C=O) groups excluding carboxylic acids is 1. The lowest BCUT2D eigenvalue weighted by atomic mass is 10.0. The Hall–Kier alpha value is -2.84. The number of quaternary nitrogens is 1. The number of hydrogen-bond donors (Lipinski definition) is 3. The van der Waals surface area contributed by atoms with Crippen LogP contribution in [-0.4, -0.2) is 73.4 Å². The van der Waals surface area contributed by atoms with Gasteiger partial charge in [-0.3, -0.25) is 13.8 Å². The van der Waals surface area contributed by atoms with Crippen molar-refractivity contribution in [3.05, 3.63) is 109 Å². The molecule has 0 heterocycles. The number of nitrogens with one attached hydrogen (secondary N) is 1. The van der Waals surface area contributed by atoms with E-state index in [9.17, 15) is 19.4 Å². The van der Waals surface area contributed by atoms with Crippen LogP contribution in [0.4, 0.5) is 0 Å². The second-order valence-electron chi connectivity index (χ2n) is 18.1. The standard InChI is InChI=1S/C56H97N2O6P/c1-6-8-10-12-14-16-18-20-22-23-24-25-26-27-28-29-30-31-32-33-34-35-36-38-40-42-44-46-48-50-56(60)57-54(53-64-65(61,62)63-52-51-58(3,4)5)55(59)49-47-45-43-41-39-37-21-19-17-15-13-11-9-7-2/h8,10,14,16-17,19-20,22,24-25,27-28,30-31,39,41,47,49,54-55,59H,6-7,9,11-13,15,18,21,23,26,29,32-38,40,42-46,48,50-53H2,1-5H3,(H-,57,60,61,62)/p+1/b10-8-,16-14-,19-17+,22-20-,25-24-,28-27-,31-30-,41-39+,49-47+. The SMILES string of the molecule is CC/C=C\C/C=C\C/C=C\C/C=C\C/C=C\C/C=C\CCCCCCCCCCCCC(=O)NC(COP(=O)(O)OCC[N+](C)(C)C)C(O)/C=C/CC/C=C/CC/C=C/CCCCCC. The summed E-state index contributed by atoms with van der Waals surface area (Å²) < 4.78 is 23.6. The molecule has 0 aromatic rings. The molecule has 3 unspecified atom stereocenters. The Morgan fingerprint density at radius 3 is 1.42 bits per heavy atom. The fraction of sp³-hybridized carbons (Fsp3) is 0.661. The third kappa shape index (κ3) is 48.9. The van der Waals surface area contributed by atoms with Crippen LogP contribution in [0.2, 0.25) is 0 Å². The Balaban J connectivity index is 4.28. The quantitative estimate of drug-likeness (QED) is 0.0243. The van der Waals surface area contributed by atoms with Crippen molar-refractivity contribution in [2.24, 2.45) is 0 Å². The van der Waals surface area contributed by atoms with Crippen LogP contribution in [0, 0.1) is 0 Å². The fourth-order valence-electron chi connectivity index (χ4n) is 6.66. The van der Waals surface area contributed by atoms with Gasteiger partial charge in [-0.05, 0) is 96.3 Å². The van der Waals surface area contributed by atoms with Crippen molar-refractivity contribution < 1.29 is 32.9 Å². The van der Waals surface area contributed by atoms with Crippen LogP contribution in [0.3, 0.4) is 0 Å². The van der Waals surface area contributed by atoms with Gasteiger partial charge < -0.3 is 19.8 Å². The topological polar surface area (TPSA) is 105 Å². The summed E-state index contributed by atoms with van der Waals surface area (Å²) in [7, 11) is 1.53. The van der Waals surface area contributed by atoms with Gasteiger partial charge in [0.1, 0.15) is 13.2 Å². The van der Waals surface area contributed by atoms with E-state index in [0.717, 1.165) is 96.3 Å². The average Bonchev–Trinajstić information content (AvgIpc) is 3.26. The predicted octanol–water partition coefficient (Wildman–Crippen LogP) is 15.3. The molecule has 0 spiro atoms. The van der Waals surface area contributed by atoms with Crippen LogP contribution in [0.5, 0.6) is 0 Å². The molecular weight excluding hydrogens is 828 g/mol. The summed E-state index contributed by atoms with van der Waals surface area (Å²) in [6, 6.07) is -0.879. The number of phosphoric acid groups is 1. The van der Waals surface area contributed by atoms with Gasteiger partial charge in [0.15, 0.2) is 0 Å². The summed E-state index contributed by atoms with van der Waals surface area (Å²) in [5.41, 5.74) is 0. The summed E-state index contributed by atoms with van der Waals surface area (Å²) >= 11 is 0. The molecule has 372 valence electrons. The molecular formula is C56H98N2O6P+. The number of nitrogens with zero attached hydrogens (tertiary/aromatic N) is 1. The zero-order valence-corrected chi connectivity index (χ0v) is 43.1. The van der Waals surface area contributed by atoms with Crippen LogP contribution in [0.25, 0.3) is 0 Å². The van der Waals surface area contributed by atoms with Gasteiger partial charge in [-0.2, -0.15) is 0 Å². The van der Waals surface area contributed by atoms with Crippen molar-refractivity contribution in [3.8, 4) is 0 Å². The molecule has 3 atom stereocenters. The Morgan fingerprint density at radius 2 is 0.938 bits per heavy atom. The van der Waals surface area contributed by atoms with E-state index in [1.165, 1.54) is 70.6 Å². The zero-order valence-electron chi connectivity index (χ0n) is 42.2. The average molecular weight is 926 g/mol. The van der Waals surface area contributed by atoms with Crippen molar-refractivity contribution in [2.75, 3.05) is 40.9 Å². The highest BCUT2D eigenvalue weighted by Gasteiger charge is 2.27. The van der Waals surface area contributed by atoms with Gasteiger partial charge in [-0.1, -0.05) is 194 Å². The number of phosphoric ester groups is 1. The maximum Gasteiger partial charge on any atom is 0.472 e. The normalized spacial score (nSPS) is 15.0. The molecule has 9 heteroatoms. The van der Waals surface area contributed by atoms with E-state index in [4.69, 9.17) is 9.05 Å². The molecule has 65 heavy (non-hydrogen) atoms. The van der Waals surface area contributed by atoms with Crippen LogP contribution >= 0.6 is 7.82 Å². The van der Waals surface area contributed by atoms with E-state index in [1.807, 2.05) is 27.2 Å². The fourth-order valence-corrected chi connectivity index (χ4v) is 7.40. The van der Waals surface area contributed by atoms with Crippen molar-refractivity contribution >= 4 is 13.7 Å². The number of allylic oxidation sites excluding steroid dienone is 17. The highest BCUT2D eigenvalue weighted by molar-refractivity contribution is 7.47. The monoisotopic (exact) mass is 926 g/mol. The Labute approximate surface area is 400 Å². The van der Waals surface area contributed by atoms with Crippen molar-refractivity contribution in [1.82, 2.24) is 5.32 Å². The first-order valence-electron chi connectivity index (χ1n) is 25.8. The Kier molecular flexibility index (Phi) is 44.3. The van der Waals surface area contributed by atoms with Gasteiger partial charge in [0.2, 0.25) is 5.91 Å². The maximum atomic E-state index is 12.9. The van der Waals surface area contributed by atoms with Crippen LogP contribution < -0.4 is 5.32 Å². The molecule has 0 aliphatic heterocycles. The maximum absolute atomic E-state index is 12.9. The van der Waals surface area contributed by atoms with E-state index in [2.05, 4.69) is 116 Å². The second-order valence-corrected chi connectivity index (χ2v) is 19.6. The molecule has 8 nitrogen and oxygen atoms in total. The van der Waals surface area contributed by atoms with E-state index in [-0.39, 0.29) is 19.1 Å². The minimum absolute atomic E-state index is 0.0470. The first-order valence-corrected chi connectivity index (χ1v) is 27.3. The zero-order chi connectivity index (χ0) is 47.8. The minimum atomic E-state index is -4.36. The van der Waals surface area contributed by atoms with Crippen molar-refractivity contribution in [3.63, 3.8) is 0 Å². The van der Waals surface area contributed by atoms with E-state index in [0.29, 0.717) is 17.4 Å². The van der Waals surface area contributed by atoms with E-state index >= 15 is 0 Å². The molecule has 0 saturated heterocycles. The molecule has 3 N–H and O–H groups in total. The molecule has 0 aromatic heterocycles. The number of unbranched alkanes of at least 4 members (excludes halogenated alkanes) is 16. The lowest BCUT2D eigenvalue weighted by Gasteiger charge is -2.25. The van der Waals surface area contributed by atoms with Crippen LogP contribution in [0.15, 0.2) is 109 Å². The largest absolute Gasteiger partial charge is 0.472 e. The smallest absolute Gasteiger partial charge is 0.387 e. The van der Waals surface area contributed by atoms with E-state index in [1.54, 1.807) is 6.08 Å². The lowest BCUT2D eigenvalue weighted by Crippen LogP contribution is -2.45. The minimum Gasteiger partial charge on any atom is -0.387 e. The molecule has 0 bridgehead atoms. The summed E-state index contributed by atoms with van der Waals surface area (Å²) in [4.78, 5) is 23.2. The molecule has 1 amide bonds. The number of aliphatic hydroxyl groups is 1. The molecule has 0 rings (SSSR count). The molecule has 0 aliphatic rings. The lowest BCUT2D eigenvalue weighted by molar-refractivity contribution is -0.870. The number of hydrogen-bond acceptors (Lipinski definition) is 5. The summed E-state index contributed by atoms with van der Waals surface area (Å²) in [5.74, 6) is -0.202. The second kappa shape index (κ2) is 46.3. The first-order chi connectivity index (χ1) is 31.5. The van der Waals surface area contributed by atoms with Gasteiger partial charge in [-0.25, -0.2) is 4.57 Å². The number of likely N-dealkylation sites (N-methyl/N-ethyl adjacent to an activating group) is 1. The van der Waals surface area contributed by atoms with Gasteiger partial charge in [0, 0.05) is 6.42 Å². The van der Waals surface area contributed by atoms with Gasteiger partial charge in [0.05, 0.1) is 39.9 Å². The van der Waals surface area contributed by atoms with E-state index < -0.39 is 20.0 Å². The summed E-state index contributed by atoms with van der Waals surface area (Å²) in [6.45, 7) is 4.62. The van der Waals surface area contributed by atoms with Crippen LogP contribution in [0.1, 0.15) is 187 Å². The highest BCUT2D eigenvalue weighted by Crippen LogP contribution is 2.43. The molecule has 0 fully saturated rings. The summed E-state index contributed by atoms with van der Waals surface area (Å²) in [6.07, 6.45) is 67.5. The summed E-state index contributed by atoms with van der Waals surface area (Å²) in [5, 5.41) is 13.8. The third-order valence-corrected chi connectivity index (χ3v) is 11.7. The molecule has 0 radical (unpaired) electrons. The number of rotatable bonds is 45. The van der Waals surface area contributed by atoms with Gasteiger partial charge in [-0.15, -0.1) is 0 Å². The number of aliphatic hydroxyl groups excluding tert-OH is 1. The molecule has 0 aliphatic carbocycles. The molecule has 0 aromatic carbocycles. The van der Waals surface area contributed by atoms with Crippen LogP contribution in [-0.2, 0) is 18.4 Å². The molecule has 0 saturated carbocycles. The number of carbonyl (C=O) groups is 1. The number of amides is 1. The predicted molar refractivity (Wildman–Crippen MR) is 281 cm³/mol. The van der Waals surface area contributed by atoms with Gasteiger partial charge in [0.25, 0.3) is 0 Å². The Bertz CT molecular complexity index is 1420. The van der Waals surface area contributed by atoms with Crippen molar-refractivity contribution in [2.45, 2.75) is 199 Å². The Morgan fingerprint density at radius 1 is 0.538 bits per heavy atom. The third-order valence-electron chi connectivity index (χ3n) is 10.7. The van der Waals surface area contributed by atoms with Crippen molar-refractivity contribution in [1.29, 1.82) is 0 Å². The first kappa shape index (κ1) is 62.2. The van der Waals surface area contributed by atoms with Gasteiger partial charge >= 0.3 is 7.82 Å².